The first-order valence-corrected chi connectivity index (χ1v) is 8.08. The number of aliphatic carboxylic acids is 1. The average molecular weight is 315 g/mol. The molecule has 1 aromatic heterocycles. The van der Waals surface area contributed by atoms with Crippen molar-refractivity contribution in [2.24, 2.45) is 0 Å². The van der Waals surface area contributed by atoms with Crippen molar-refractivity contribution in [1.82, 2.24) is 15.1 Å². The summed E-state index contributed by atoms with van der Waals surface area (Å²) >= 11 is 0. The minimum absolute atomic E-state index is 0.0431. The van der Waals surface area contributed by atoms with E-state index in [9.17, 15) is 9.59 Å². The van der Waals surface area contributed by atoms with Crippen LogP contribution in [0.25, 0.3) is 10.9 Å². The zero-order valence-corrected chi connectivity index (χ0v) is 13.0. The SMILES string of the molecule is O=C(O)CCC1CCCCN1C(=O)Cc1[nH]nc2ccccc12. The second-order valence-electron chi connectivity index (χ2n) is 6.07. The van der Waals surface area contributed by atoms with Gasteiger partial charge in [0.2, 0.25) is 5.91 Å². The van der Waals surface area contributed by atoms with Gasteiger partial charge in [0.25, 0.3) is 0 Å². The maximum absolute atomic E-state index is 12.7. The molecule has 6 heteroatoms. The summed E-state index contributed by atoms with van der Waals surface area (Å²) in [6, 6.07) is 7.76. The maximum Gasteiger partial charge on any atom is 0.303 e. The summed E-state index contributed by atoms with van der Waals surface area (Å²) in [4.78, 5) is 25.4. The fourth-order valence-electron chi connectivity index (χ4n) is 3.32. The zero-order chi connectivity index (χ0) is 16.2. The first-order valence-electron chi connectivity index (χ1n) is 8.08. The third kappa shape index (κ3) is 3.52. The van der Waals surface area contributed by atoms with Crippen molar-refractivity contribution in [3.05, 3.63) is 30.0 Å². The average Bonchev–Trinajstić information content (AvgIpc) is 2.96. The molecule has 1 atom stereocenters. The fraction of sp³-hybridized carbons (Fsp3) is 0.471. The molecule has 2 aromatic rings. The number of carbonyl (C=O) groups excluding carboxylic acids is 1. The van der Waals surface area contributed by atoms with Crippen molar-refractivity contribution in [3.8, 4) is 0 Å². The lowest BCUT2D eigenvalue weighted by Crippen LogP contribution is -2.44. The number of para-hydroxylation sites is 1. The monoisotopic (exact) mass is 315 g/mol. The predicted octanol–water partition coefficient (Wildman–Crippen LogP) is 2.35. The minimum Gasteiger partial charge on any atom is -0.481 e. The van der Waals surface area contributed by atoms with Gasteiger partial charge in [-0.05, 0) is 31.7 Å². The molecule has 0 spiro atoms. The van der Waals surface area contributed by atoms with Crippen LogP contribution in [-0.2, 0) is 16.0 Å². The number of likely N-dealkylation sites (tertiary alicyclic amines) is 1. The molecule has 1 aliphatic rings. The molecule has 1 amide bonds. The largest absolute Gasteiger partial charge is 0.481 e. The number of aromatic nitrogens is 2. The maximum atomic E-state index is 12.7. The number of amides is 1. The number of nitrogens with zero attached hydrogens (tertiary/aromatic N) is 2. The minimum atomic E-state index is -0.803. The van der Waals surface area contributed by atoms with Gasteiger partial charge < -0.3 is 10.0 Å². The molecule has 0 aliphatic carbocycles. The predicted molar refractivity (Wildman–Crippen MR) is 86.0 cm³/mol. The normalized spacial score (nSPS) is 18.3. The standard InChI is InChI=1S/C17H21N3O3/c21-16(11-15-13-6-1-2-7-14(13)18-19-15)20-10-4-3-5-12(20)8-9-17(22)23/h1-2,6-7,12H,3-5,8-11H2,(H,18,19)(H,22,23). The van der Waals surface area contributed by atoms with Crippen molar-refractivity contribution < 1.29 is 14.7 Å². The van der Waals surface area contributed by atoms with Crippen LogP contribution in [0.1, 0.15) is 37.8 Å². The zero-order valence-electron chi connectivity index (χ0n) is 13.0. The van der Waals surface area contributed by atoms with E-state index in [0.29, 0.717) is 6.42 Å². The highest BCUT2D eigenvalue weighted by Crippen LogP contribution is 2.23. The summed E-state index contributed by atoms with van der Waals surface area (Å²) in [5.74, 6) is -0.753. The second-order valence-corrected chi connectivity index (χ2v) is 6.07. The van der Waals surface area contributed by atoms with Crippen molar-refractivity contribution in [3.63, 3.8) is 0 Å². The number of carbonyl (C=O) groups is 2. The molecule has 1 saturated heterocycles. The number of H-pyrrole nitrogens is 1. The number of hydrogen-bond donors (Lipinski definition) is 2. The van der Waals surface area contributed by atoms with Gasteiger partial charge in [-0.15, -0.1) is 0 Å². The van der Waals surface area contributed by atoms with E-state index in [1.807, 2.05) is 29.2 Å². The molecule has 0 saturated carbocycles. The molecule has 0 bridgehead atoms. The fourth-order valence-corrected chi connectivity index (χ4v) is 3.32. The van der Waals surface area contributed by atoms with Crippen LogP contribution >= 0.6 is 0 Å². The Hall–Kier alpha value is -2.37. The van der Waals surface area contributed by atoms with E-state index >= 15 is 0 Å². The summed E-state index contributed by atoms with van der Waals surface area (Å²) in [5, 5.41) is 17.0. The Kier molecular flexibility index (Phi) is 4.60. The summed E-state index contributed by atoms with van der Waals surface area (Å²) in [6.45, 7) is 0.717. The Balaban J connectivity index is 1.71. The number of carboxylic acid groups (broad SMARTS) is 1. The van der Waals surface area contributed by atoms with Gasteiger partial charge in [0.15, 0.2) is 0 Å². The van der Waals surface area contributed by atoms with E-state index in [2.05, 4.69) is 10.2 Å². The molecule has 122 valence electrons. The van der Waals surface area contributed by atoms with Crippen LogP contribution in [0, 0.1) is 0 Å². The Bertz CT molecular complexity index is 710. The lowest BCUT2D eigenvalue weighted by atomic mass is 9.97. The van der Waals surface area contributed by atoms with Crippen LogP contribution in [-0.4, -0.2) is 44.7 Å². The molecule has 6 nitrogen and oxygen atoms in total. The Morgan fingerprint density at radius 2 is 2.13 bits per heavy atom. The molecule has 0 radical (unpaired) electrons. The first kappa shape index (κ1) is 15.5. The third-order valence-electron chi connectivity index (χ3n) is 4.51. The smallest absolute Gasteiger partial charge is 0.303 e. The molecule has 1 aliphatic heterocycles. The van der Waals surface area contributed by atoms with Gasteiger partial charge in [-0.1, -0.05) is 18.2 Å². The summed E-state index contributed by atoms with van der Waals surface area (Å²) in [5.41, 5.74) is 1.68. The summed E-state index contributed by atoms with van der Waals surface area (Å²) in [7, 11) is 0. The van der Waals surface area contributed by atoms with Crippen LogP contribution in [0.2, 0.25) is 0 Å². The molecule has 1 aromatic carbocycles. The number of carboxylic acids is 1. The molecule has 23 heavy (non-hydrogen) atoms. The quantitative estimate of drug-likeness (QED) is 0.887. The number of hydrogen-bond acceptors (Lipinski definition) is 3. The molecular weight excluding hydrogens is 294 g/mol. The van der Waals surface area contributed by atoms with Crippen LogP contribution in [0.4, 0.5) is 0 Å². The second kappa shape index (κ2) is 6.81. The van der Waals surface area contributed by atoms with Gasteiger partial charge in [-0.25, -0.2) is 0 Å². The highest BCUT2D eigenvalue weighted by atomic mass is 16.4. The third-order valence-corrected chi connectivity index (χ3v) is 4.51. The Morgan fingerprint density at radius 3 is 2.96 bits per heavy atom. The van der Waals surface area contributed by atoms with Crippen LogP contribution < -0.4 is 0 Å². The van der Waals surface area contributed by atoms with Gasteiger partial charge in [0.05, 0.1) is 17.6 Å². The van der Waals surface area contributed by atoms with Crippen molar-refractivity contribution in [1.29, 1.82) is 0 Å². The number of aromatic amines is 1. The number of benzene rings is 1. The number of rotatable bonds is 5. The van der Waals surface area contributed by atoms with Gasteiger partial charge >= 0.3 is 5.97 Å². The van der Waals surface area contributed by atoms with E-state index in [1.165, 1.54) is 0 Å². The van der Waals surface area contributed by atoms with E-state index in [-0.39, 0.29) is 24.8 Å². The summed E-state index contributed by atoms with van der Waals surface area (Å²) in [6.07, 6.45) is 3.86. The lowest BCUT2D eigenvalue weighted by molar-refractivity contribution is -0.139. The number of fused-ring (bicyclic) bond motifs is 1. The topological polar surface area (TPSA) is 86.3 Å². The molecule has 1 fully saturated rings. The molecule has 3 rings (SSSR count). The summed E-state index contributed by atoms with van der Waals surface area (Å²) < 4.78 is 0. The van der Waals surface area contributed by atoms with Crippen LogP contribution in [0.5, 0.6) is 0 Å². The van der Waals surface area contributed by atoms with Crippen LogP contribution in [0.3, 0.4) is 0 Å². The molecule has 2 heterocycles. The van der Waals surface area contributed by atoms with Gasteiger partial charge in [0.1, 0.15) is 0 Å². The highest BCUT2D eigenvalue weighted by Gasteiger charge is 2.27. The van der Waals surface area contributed by atoms with Crippen LogP contribution in [0.15, 0.2) is 24.3 Å². The number of piperidine rings is 1. The molecule has 1 unspecified atom stereocenters. The van der Waals surface area contributed by atoms with E-state index in [0.717, 1.165) is 42.4 Å². The highest BCUT2D eigenvalue weighted by molar-refractivity contribution is 5.87. The Labute approximate surface area is 134 Å². The van der Waals surface area contributed by atoms with Gasteiger partial charge in [-0.3, -0.25) is 14.7 Å². The molecule has 2 N–H and O–H groups in total. The van der Waals surface area contributed by atoms with E-state index in [4.69, 9.17) is 5.11 Å². The number of nitrogens with one attached hydrogen (secondary N) is 1. The van der Waals surface area contributed by atoms with Crippen molar-refractivity contribution >= 4 is 22.8 Å². The van der Waals surface area contributed by atoms with Crippen molar-refractivity contribution in [2.45, 2.75) is 44.6 Å². The van der Waals surface area contributed by atoms with E-state index < -0.39 is 5.97 Å². The molecular formula is C17H21N3O3. The Morgan fingerprint density at radius 1 is 1.30 bits per heavy atom. The van der Waals surface area contributed by atoms with Gasteiger partial charge in [-0.2, -0.15) is 5.10 Å². The van der Waals surface area contributed by atoms with Gasteiger partial charge in [0, 0.05) is 24.4 Å². The lowest BCUT2D eigenvalue weighted by Gasteiger charge is -2.35. The van der Waals surface area contributed by atoms with E-state index in [1.54, 1.807) is 0 Å². The first-order chi connectivity index (χ1) is 11.1. The van der Waals surface area contributed by atoms with Crippen molar-refractivity contribution in [2.75, 3.05) is 6.54 Å².